The Morgan fingerprint density at radius 2 is 2.15 bits per heavy atom. The minimum absolute atomic E-state index is 0.0827. The topological polar surface area (TPSA) is 93.1 Å². The molecule has 0 aromatic carbocycles. The van der Waals surface area contributed by atoms with Gasteiger partial charge in [0.25, 0.3) is 5.56 Å². The monoisotopic (exact) mass is 406 g/mol. The summed E-state index contributed by atoms with van der Waals surface area (Å²) >= 11 is 2.74. The predicted octanol–water partition coefficient (Wildman–Crippen LogP) is 2.46. The molecule has 144 valence electrons. The van der Waals surface area contributed by atoms with Gasteiger partial charge in [-0.05, 0) is 38.2 Å². The summed E-state index contributed by atoms with van der Waals surface area (Å²) < 4.78 is 1.56. The quantitative estimate of drug-likeness (QED) is 0.452. The van der Waals surface area contributed by atoms with Gasteiger partial charge >= 0.3 is 6.03 Å². The van der Waals surface area contributed by atoms with E-state index >= 15 is 0 Å². The first-order chi connectivity index (χ1) is 13.0. The molecule has 2 N–H and O–H groups in total. The van der Waals surface area contributed by atoms with E-state index in [-0.39, 0.29) is 5.56 Å². The molecular formula is C18H22N4O3S2. The fourth-order valence-electron chi connectivity index (χ4n) is 3.09. The number of aryl methyl sites for hydroxylation is 2. The molecule has 3 rings (SSSR count). The fourth-order valence-corrected chi connectivity index (χ4v) is 5.31. The lowest BCUT2D eigenvalue weighted by atomic mass is 9.97. The van der Waals surface area contributed by atoms with Gasteiger partial charge in [-0.3, -0.25) is 19.5 Å². The zero-order valence-corrected chi connectivity index (χ0v) is 17.0. The summed E-state index contributed by atoms with van der Waals surface area (Å²) in [6.45, 7) is 5.73. The molecule has 0 saturated heterocycles. The van der Waals surface area contributed by atoms with Crippen molar-refractivity contribution in [1.29, 1.82) is 0 Å². The fraction of sp³-hybridized carbons (Fsp3) is 0.444. The van der Waals surface area contributed by atoms with Crippen molar-refractivity contribution in [2.75, 3.05) is 7.05 Å². The number of thiophene rings is 1. The smallest absolute Gasteiger partial charge is 0.321 e. The molecule has 3 amide bonds. The molecule has 0 spiro atoms. The number of amides is 3. The van der Waals surface area contributed by atoms with Crippen molar-refractivity contribution in [3.8, 4) is 0 Å². The maximum Gasteiger partial charge on any atom is 0.321 e. The third-order valence-corrected chi connectivity index (χ3v) is 6.74. The second-order valence-corrected chi connectivity index (χ2v) is 8.71. The Labute approximate surface area is 165 Å². The first-order valence-electron chi connectivity index (χ1n) is 8.81. The number of rotatable bonds is 5. The van der Waals surface area contributed by atoms with Crippen LogP contribution in [0.1, 0.15) is 30.2 Å². The molecule has 0 radical (unpaired) electrons. The third-order valence-electron chi connectivity index (χ3n) is 4.47. The van der Waals surface area contributed by atoms with Gasteiger partial charge in [-0.25, -0.2) is 9.78 Å². The number of fused-ring (bicyclic) bond motifs is 3. The van der Waals surface area contributed by atoms with Gasteiger partial charge in [-0.1, -0.05) is 17.8 Å². The lowest BCUT2D eigenvalue weighted by molar-refractivity contribution is -0.119. The van der Waals surface area contributed by atoms with Crippen LogP contribution in [0.4, 0.5) is 4.79 Å². The zero-order chi connectivity index (χ0) is 19.6. The summed E-state index contributed by atoms with van der Waals surface area (Å²) in [7, 11) is 1.44. The van der Waals surface area contributed by atoms with Crippen LogP contribution in [0.15, 0.2) is 22.6 Å². The van der Waals surface area contributed by atoms with Gasteiger partial charge in [0.15, 0.2) is 5.16 Å². The first-order valence-corrected chi connectivity index (χ1v) is 10.5. The number of carbonyl (C=O) groups excluding carboxylic acids is 2. The van der Waals surface area contributed by atoms with Gasteiger partial charge in [-0.15, -0.1) is 17.9 Å². The normalized spacial score (nSPS) is 14.4. The number of aromatic nitrogens is 2. The van der Waals surface area contributed by atoms with E-state index in [2.05, 4.69) is 17.2 Å². The van der Waals surface area contributed by atoms with Crippen molar-refractivity contribution in [2.45, 2.75) is 49.6 Å². The number of hydrogen-bond acceptors (Lipinski definition) is 6. The molecule has 0 unspecified atom stereocenters. The molecule has 9 heteroatoms. The van der Waals surface area contributed by atoms with Crippen LogP contribution in [0.2, 0.25) is 0 Å². The summed E-state index contributed by atoms with van der Waals surface area (Å²) in [6.07, 6.45) is 5.78. The summed E-state index contributed by atoms with van der Waals surface area (Å²) in [5.74, 6) is -0.440. The van der Waals surface area contributed by atoms with E-state index in [0.29, 0.717) is 17.1 Å². The van der Waals surface area contributed by atoms with Gasteiger partial charge in [0, 0.05) is 18.5 Å². The number of urea groups is 1. The van der Waals surface area contributed by atoms with E-state index in [1.165, 1.54) is 11.9 Å². The summed E-state index contributed by atoms with van der Waals surface area (Å²) in [5.41, 5.74) is 1.05. The van der Waals surface area contributed by atoms with Crippen LogP contribution in [-0.2, 0) is 24.2 Å². The standard InChI is InChI=1S/C18H22N4O3S2/c1-4-9-22-16(24)13-11-7-5-6-8-12(11)27-15(13)21-18(22)26-10(2)14(23)20-17(25)19-3/h4,10H,1,5-9H2,2-3H3,(H2,19,20,23,25)/t10-/m1/s1. The molecule has 27 heavy (non-hydrogen) atoms. The van der Waals surface area contributed by atoms with Crippen LogP contribution in [0.25, 0.3) is 10.2 Å². The Morgan fingerprint density at radius 1 is 1.41 bits per heavy atom. The number of allylic oxidation sites excluding steroid dienone is 1. The van der Waals surface area contributed by atoms with Crippen molar-refractivity contribution in [1.82, 2.24) is 20.2 Å². The largest absolute Gasteiger partial charge is 0.341 e. The number of hydrogen-bond donors (Lipinski definition) is 2. The maximum atomic E-state index is 13.2. The van der Waals surface area contributed by atoms with Crippen molar-refractivity contribution in [3.63, 3.8) is 0 Å². The van der Waals surface area contributed by atoms with Crippen LogP contribution in [-0.4, -0.2) is 33.8 Å². The molecule has 7 nitrogen and oxygen atoms in total. The number of nitrogens with zero attached hydrogens (tertiary/aromatic N) is 2. The summed E-state index contributed by atoms with van der Waals surface area (Å²) in [5, 5.41) is 5.18. The lowest BCUT2D eigenvalue weighted by Crippen LogP contribution is -2.41. The minimum atomic E-state index is -0.586. The van der Waals surface area contributed by atoms with Gasteiger partial charge < -0.3 is 5.32 Å². The van der Waals surface area contributed by atoms with Gasteiger partial charge in [-0.2, -0.15) is 0 Å². The number of imide groups is 1. The Kier molecular flexibility index (Phi) is 6.01. The molecule has 0 saturated carbocycles. The maximum absolute atomic E-state index is 13.2. The molecule has 2 aromatic rings. The zero-order valence-electron chi connectivity index (χ0n) is 15.3. The molecule has 1 aliphatic rings. The highest BCUT2D eigenvalue weighted by Gasteiger charge is 2.24. The van der Waals surface area contributed by atoms with Gasteiger partial charge in [0.1, 0.15) is 4.83 Å². The Morgan fingerprint density at radius 3 is 2.85 bits per heavy atom. The first kappa shape index (κ1) is 19.6. The van der Waals surface area contributed by atoms with Crippen molar-refractivity contribution in [3.05, 3.63) is 33.4 Å². The van der Waals surface area contributed by atoms with E-state index in [4.69, 9.17) is 4.98 Å². The highest BCUT2D eigenvalue weighted by atomic mass is 32.2. The second-order valence-electron chi connectivity index (χ2n) is 6.32. The molecule has 1 atom stereocenters. The molecule has 0 aliphatic heterocycles. The number of carbonyl (C=O) groups is 2. The number of thioether (sulfide) groups is 1. The van der Waals surface area contributed by atoms with E-state index in [1.807, 2.05) is 0 Å². The second kappa shape index (κ2) is 8.26. The van der Waals surface area contributed by atoms with E-state index < -0.39 is 17.2 Å². The highest BCUT2D eigenvalue weighted by molar-refractivity contribution is 8.00. The lowest BCUT2D eigenvalue weighted by Gasteiger charge is -2.15. The molecule has 2 heterocycles. The molecule has 0 bridgehead atoms. The Hall–Kier alpha value is -2.13. The molecule has 2 aromatic heterocycles. The Bertz CT molecular complexity index is 964. The average molecular weight is 407 g/mol. The van der Waals surface area contributed by atoms with Crippen LogP contribution in [0, 0.1) is 0 Å². The minimum Gasteiger partial charge on any atom is -0.341 e. The van der Waals surface area contributed by atoms with Crippen LogP contribution in [0.5, 0.6) is 0 Å². The van der Waals surface area contributed by atoms with Crippen molar-refractivity contribution in [2.24, 2.45) is 0 Å². The van der Waals surface area contributed by atoms with Gasteiger partial charge in [0.2, 0.25) is 5.91 Å². The highest BCUT2D eigenvalue weighted by Crippen LogP contribution is 2.35. The SMILES string of the molecule is C=CCn1c(S[C@H](C)C(=O)NC(=O)NC)nc2sc3c(c2c1=O)CCCC3. The summed E-state index contributed by atoms with van der Waals surface area (Å²) in [4.78, 5) is 43.4. The van der Waals surface area contributed by atoms with Crippen LogP contribution in [0.3, 0.4) is 0 Å². The summed E-state index contributed by atoms with van der Waals surface area (Å²) in [6, 6.07) is -0.565. The van der Waals surface area contributed by atoms with Crippen molar-refractivity contribution < 1.29 is 9.59 Å². The van der Waals surface area contributed by atoms with E-state index in [1.54, 1.807) is 28.9 Å². The third kappa shape index (κ3) is 3.93. The molecule has 1 aliphatic carbocycles. The average Bonchev–Trinajstić information content (AvgIpc) is 3.02. The predicted molar refractivity (Wildman–Crippen MR) is 109 cm³/mol. The van der Waals surface area contributed by atoms with Crippen molar-refractivity contribution >= 4 is 45.3 Å². The van der Waals surface area contributed by atoms with Crippen LogP contribution >= 0.6 is 23.1 Å². The van der Waals surface area contributed by atoms with E-state index in [0.717, 1.165) is 47.8 Å². The Balaban J connectivity index is 2.00. The molecule has 0 fully saturated rings. The van der Waals surface area contributed by atoms with Gasteiger partial charge in [0.05, 0.1) is 10.6 Å². The van der Waals surface area contributed by atoms with Crippen LogP contribution < -0.4 is 16.2 Å². The van der Waals surface area contributed by atoms with E-state index in [9.17, 15) is 14.4 Å². The molecular weight excluding hydrogens is 384 g/mol. The number of nitrogens with one attached hydrogen (secondary N) is 2.